The summed E-state index contributed by atoms with van der Waals surface area (Å²) in [7, 11) is -1.99. The fourth-order valence-electron chi connectivity index (χ4n) is 2.25. The lowest BCUT2D eigenvalue weighted by atomic mass is 10.0. The summed E-state index contributed by atoms with van der Waals surface area (Å²) in [4.78, 5) is 0.201. The molecule has 5 nitrogen and oxygen atoms in total. The average Bonchev–Trinajstić information content (AvgIpc) is 2.92. The number of hydrogen-bond donors (Lipinski definition) is 1. The molecule has 2 N–H and O–H groups in total. The summed E-state index contributed by atoms with van der Waals surface area (Å²) in [5.41, 5.74) is 5.99. The number of methoxy groups -OCH3 is 1. The number of hydrogen-bond acceptors (Lipinski definition) is 5. The quantitative estimate of drug-likeness (QED) is 0.867. The molecular formula is C13H19NO4S. The summed E-state index contributed by atoms with van der Waals surface area (Å²) in [5.74, 6) is 0.392. The minimum absolute atomic E-state index is 0.0819. The van der Waals surface area contributed by atoms with Crippen LogP contribution in [0.4, 0.5) is 0 Å². The van der Waals surface area contributed by atoms with Gasteiger partial charge in [-0.05, 0) is 18.6 Å². The van der Waals surface area contributed by atoms with Crippen molar-refractivity contribution >= 4 is 9.84 Å². The van der Waals surface area contributed by atoms with Gasteiger partial charge in [0.25, 0.3) is 0 Å². The Morgan fingerprint density at radius 3 is 2.84 bits per heavy atom. The highest BCUT2D eigenvalue weighted by molar-refractivity contribution is 7.91. The van der Waals surface area contributed by atoms with Crippen LogP contribution in [0.1, 0.15) is 6.42 Å². The Labute approximate surface area is 113 Å². The Morgan fingerprint density at radius 2 is 2.21 bits per heavy atom. The number of nitrogens with two attached hydrogens (primary N) is 1. The summed E-state index contributed by atoms with van der Waals surface area (Å²) < 4.78 is 35.1. The largest absolute Gasteiger partial charge is 0.495 e. The minimum atomic E-state index is -3.45. The van der Waals surface area contributed by atoms with Gasteiger partial charge in [-0.2, -0.15) is 0 Å². The molecule has 1 aliphatic heterocycles. The normalized spacial score (nSPS) is 21.3. The highest BCUT2D eigenvalue weighted by Gasteiger charge is 2.29. The summed E-state index contributed by atoms with van der Waals surface area (Å²) >= 11 is 0. The molecule has 2 atom stereocenters. The van der Waals surface area contributed by atoms with E-state index in [0.29, 0.717) is 19.0 Å². The van der Waals surface area contributed by atoms with Gasteiger partial charge in [-0.15, -0.1) is 0 Å². The van der Waals surface area contributed by atoms with Crippen LogP contribution in [0.25, 0.3) is 0 Å². The zero-order chi connectivity index (χ0) is 13.9. The third-order valence-corrected chi connectivity index (χ3v) is 5.22. The third kappa shape index (κ3) is 3.26. The molecule has 1 fully saturated rings. The first-order valence-electron chi connectivity index (χ1n) is 6.23. The highest BCUT2D eigenvalue weighted by Crippen LogP contribution is 2.26. The summed E-state index contributed by atoms with van der Waals surface area (Å²) in [6, 6.07) is 6.20. The first-order chi connectivity index (χ1) is 9.04. The Bertz CT molecular complexity index is 523. The molecule has 2 unspecified atom stereocenters. The molecule has 2 rings (SSSR count). The average molecular weight is 285 g/mol. The molecule has 0 amide bonds. The summed E-state index contributed by atoms with van der Waals surface area (Å²) in [6.07, 6.45) is 0.822. The van der Waals surface area contributed by atoms with Crippen molar-refractivity contribution in [2.45, 2.75) is 17.4 Å². The van der Waals surface area contributed by atoms with Crippen LogP contribution in [0, 0.1) is 5.92 Å². The predicted molar refractivity (Wildman–Crippen MR) is 71.9 cm³/mol. The van der Waals surface area contributed by atoms with Crippen molar-refractivity contribution in [3.8, 4) is 5.75 Å². The van der Waals surface area contributed by atoms with E-state index in [0.717, 1.165) is 6.42 Å². The van der Waals surface area contributed by atoms with Crippen molar-refractivity contribution in [2.24, 2.45) is 11.7 Å². The maximum absolute atomic E-state index is 12.4. The van der Waals surface area contributed by atoms with Gasteiger partial charge in [0.05, 0.1) is 19.5 Å². The molecule has 1 saturated heterocycles. The number of benzene rings is 1. The van der Waals surface area contributed by atoms with E-state index in [4.69, 9.17) is 15.2 Å². The molecule has 0 saturated carbocycles. The van der Waals surface area contributed by atoms with Crippen LogP contribution in [0.5, 0.6) is 5.75 Å². The van der Waals surface area contributed by atoms with Gasteiger partial charge in [-0.25, -0.2) is 8.42 Å². The van der Waals surface area contributed by atoms with Crippen LogP contribution in [-0.4, -0.2) is 40.5 Å². The fourth-order valence-corrected chi connectivity index (χ4v) is 3.95. The zero-order valence-corrected chi connectivity index (χ0v) is 11.7. The topological polar surface area (TPSA) is 78.6 Å². The van der Waals surface area contributed by atoms with Gasteiger partial charge < -0.3 is 15.2 Å². The molecule has 0 aliphatic carbocycles. The molecule has 1 aliphatic rings. The van der Waals surface area contributed by atoms with Crippen LogP contribution in [0.3, 0.4) is 0 Å². The standard InChI is InChI=1S/C13H19NO4S/c1-17-12-4-2-3-5-13(12)19(15,16)9-11(14)10-6-7-18-8-10/h2-5,10-11H,6-9,14H2,1H3. The van der Waals surface area contributed by atoms with E-state index in [9.17, 15) is 8.42 Å². The van der Waals surface area contributed by atoms with Gasteiger partial charge in [-0.3, -0.25) is 0 Å². The maximum atomic E-state index is 12.4. The van der Waals surface area contributed by atoms with Gasteiger partial charge in [-0.1, -0.05) is 12.1 Å². The first-order valence-corrected chi connectivity index (χ1v) is 7.89. The van der Waals surface area contributed by atoms with E-state index in [1.807, 2.05) is 0 Å². The fraction of sp³-hybridized carbons (Fsp3) is 0.538. The van der Waals surface area contributed by atoms with Crippen molar-refractivity contribution in [3.63, 3.8) is 0 Å². The third-order valence-electron chi connectivity index (χ3n) is 3.39. The van der Waals surface area contributed by atoms with Crippen LogP contribution >= 0.6 is 0 Å². The van der Waals surface area contributed by atoms with E-state index in [2.05, 4.69) is 0 Å². The highest BCUT2D eigenvalue weighted by atomic mass is 32.2. The van der Waals surface area contributed by atoms with Crippen LogP contribution in [0.15, 0.2) is 29.2 Å². The van der Waals surface area contributed by atoms with Crippen molar-refractivity contribution in [2.75, 3.05) is 26.1 Å². The van der Waals surface area contributed by atoms with E-state index in [1.165, 1.54) is 7.11 Å². The SMILES string of the molecule is COc1ccccc1S(=O)(=O)CC(N)C1CCOC1. The van der Waals surface area contributed by atoms with Crippen LogP contribution in [0.2, 0.25) is 0 Å². The van der Waals surface area contributed by atoms with Gasteiger partial charge in [0.1, 0.15) is 10.6 Å². The Kier molecular flexibility index (Phi) is 4.44. The van der Waals surface area contributed by atoms with Crippen molar-refractivity contribution < 1.29 is 17.9 Å². The monoisotopic (exact) mass is 285 g/mol. The molecule has 1 aromatic carbocycles. The second kappa shape index (κ2) is 5.90. The van der Waals surface area contributed by atoms with Gasteiger partial charge in [0.15, 0.2) is 9.84 Å². The van der Waals surface area contributed by atoms with Crippen molar-refractivity contribution in [3.05, 3.63) is 24.3 Å². The Hall–Kier alpha value is -1.11. The second-order valence-electron chi connectivity index (χ2n) is 4.72. The number of rotatable bonds is 5. The Balaban J connectivity index is 2.17. The number of para-hydroxylation sites is 1. The zero-order valence-electron chi connectivity index (χ0n) is 10.9. The maximum Gasteiger partial charge on any atom is 0.183 e. The molecule has 106 valence electrons. The van der Waals surface area contributed by atoms with E-state index in [1.54, 1.807) is 24.3 Å². The second-order valence-corrected chi connectivity index (χ2v) is 6.72. The molecule has 0 spiro atoms. The lowest BCUT2D eigenvalue weighted by molar-refractivity contribution is 0.182. The van der Waals surface area contributed by atoms with Crippen LogP contribution in [-0.2, 0) is 14.6 Å². The molecule has 0 bridgehead atoms. The molecule has 1 heterocycles. The van der Waals surface area contributed by atoms with Gasteiger partial charge >= 0.3 is 0 Å². The molecule has 0 radical (unpaired) electrons. The molecular weight excluding hydrogens is 266 g/mol. The lowest BCUT2D eigenvalue weighted by Gasteiger charge is -2.18. The van der Waals surface area contributed by atoms with Gasteiger partial charge in [0, 0.05) is 18.6 Å². The van der Waals surface area contributed by atoms with Crippen molar-refractivity contribution in [1.82, 2.24) is 0 Å². The Morgan fingerprint density at radius 1 is 1.47 bits per heavy atom. The van der Waals surface area contributed by atoms with Crippen molar-refractivity contribution in [1.29, 1.82) is 0 Å². The predicted octanol–water partition coefficient (Wildman–Crippen LogP) is 0.833. The molecule has 19 heavy (non-hydrogen) atoms. The summed E-state index contributed by atoms with van der Waals surface area (Å²) in [5, 5.41) is 0. The number of sulfone groups is 1. The van der Waals surface area contributed by atoms with Crippen LogP contribution < -0.4 is 10.5 Å². The molecule has 6 heteroatoms. The van der Waals surface area contributed by atoms with E-state index >= 15 is 0 Å². The lowest BCUT2D eigenvalue weighted by Crippen LogP contribution is -2.37. The van der Waals surface area contributed by atoms with E-state index < -0.39 is 15.9 Å². The molecule has 1 aromatic rings. The summed E-state index contributed by atoms with van der Waals surface area (Å²) in [6.45, 7) is 1.20. The first kappa shape index (κ1) is 14.3. The van der Waals surface area contributed by atoms with Gasteiger partial charge in [0.2, 0.25) is 0 Å². The molecule has 0 aromatic heterocycles. The minimum Gasteiger partial charge on any atom is -0.495 e. The smallest absolute Gasteiger partial charge is 0.183 e. The van der Waals surface area contributed by atoms with E-state index in [-0.39, 0.29) is 16.6 Å². The number of ether oxygens (including phenoxy) is 2.